The number of aromatic nitrogens is 3. The number of pyridine rings is 1. The molecule has 0 unspecified atom stereocenters. The molecule has 0 aliphatic carbocycles. The predicted molar refractivity (Wildman–Crippen MR) is 160 cm³/mol. The van der Waals surface area contributed by atoms with E-state index in [4.69, 9.17) is 19.6 Å². The van der Waals surface area contributed by atoms with Crippen LogP contribution in [0, 0.1) is 0 Å². The van der Waals surface area contributed by atoms with Crippen LogP contribution < -0.4 is 14.4 Å². The Balaban J connectivity index is 0.00000172. The third-order valence-corrected chi connectivity index (χ3v) is 6.37. The van der Waals surface area contributed by atoms with E-state index in [9.17, 15) is 0 Å². The summed E-state index contributed by atoms with van der Waals surface area (Å²) in [5.74, 6) is 1.01. The molecule has 0 spiro atoms. The fourth-order valence-corrected chi connectivity index (χ4v) is 4.40. The molecule has 0 saturated heterocycles. The van der Waals surface area contributed by atoms with Gasteiger partial charge in [-0.05, 0) is 41.8 Å². The van der Waals surface area contributed by atoms with E-state index in [0.29, 0.717) is 25.0 Å². The summed E-state index contributed by atoms with van der Waals surface area (Å²) in [6, 6.07) is 30.5. The summed E-state index contributed by atoms with van der Waals surface area (Å²) in [6.45, 7) is 8.03. The van der Waals surface area contributed by atoms with Gasteiger partial charge in [0.25, 0.3) is 0 Å². The van der Waals surface area contributed by atoms with Gasteiger partial charge in [-0.25, -0.2) is 0 Å². The van der Waals surface area contributed by atoms with Gasteiger partial charge in [-0.3, -0.25) is 4.68 Å². The molecule has 0 aliphatic heterocycles. The second kappa shape index (κ2) is 13.5. The van der Waals surface area contributed by atoms with E-state index in [1.165, 1.54) is 5.69 Å². The number of aryl methyl sites for hydroxylation is 1. The SMILES string of the molecule is CC.CCCN(C)c1ccc2c(-c3ccc(OCc4ccccc4)nc3OCc3ccccc3)nn(C)c2c1. The summed E-state index contributed by atoms with van der Waals surface area (Å²) in [6.07, 6.45) is 1.09. The second-order valence-electron chi connectivity index (χ2n) is 9.15. The highest BCUT2D eigenvalue weighted by Gasteiger charge is 2.18. The molecule has 0 radical (unpaired) electrons. The molecule has 0 atom stereocenters. The van der Waals surface area contributed by atoms with Crippen LogP contribution in [0.5, 0.6) is 11.8 Å². The zero-order valence-electron chi connectivity index (χ0n) is 23.6. The molecule has 0 bridgehead atoms. The Hall–Kier alpha value is -4.32. The van der Waals surface area contributed by atoms with Crippen LogP contribution in [0.1, 0.15) is 38.3 Å². The molecule has 0 saturated carbocycles. The molecule has 2 aromatic heterocycles. The number of nitrogens with zero attached hydrogens (tertiary/aromatic N) is 4. The van der Waals surface area contributed by atoms with Crippen molar-refractivity contribution in [2.45, 2.75) is 40.4 Å². The smallest absolute Gasteiger partial charge is 0.226 e. The second-order valence-corrected chi connectivity index (χ2v) is 9.15. The van der Waals surface area contributed by atoms with E-state index in [1.54, 1.807) is 0 Å². The number of rotatable bonds is 10. The normalized spacial score (nSPS) is 10.6. The van der Waals surface area contributed by atoms with Crippen LogP contribution in [0.25, 0.3) is 22.2 Å². The summed E-state index contributed by atoms with van der Waals surface area (Å²) in [4.78, 5) is 7.03. The average Bonchev–Trinajstić information content (AvgIpc) is 3.32. The molecule has 0 N–H and O–H groups in total. The highest BCUT2D eigenvalue weighted by molar-refractivity contribution is 5.96. The van der Waals surface area contributed by atoms with E-state index in [-0.39, 0.29) is 0 Å². The minimum absolute atomic E-state index is 0.402. The van der Waals surface area contributed by atoms with Gasteiger partial charge in [-0.1, -0.05) is 81.4 Å². The summed E-state index contributed by atoms with van der Waals surface area (Å²) >= 11 is 0. The van der Waals surface area contributed by atoms with E-state index < -0.39 is 0 Å². The summed E-state index contributed by atoms with van der Waals surface area (Å²) in [5, 5.41) is 5.94. The largest absolute Gasteiger partial charge is 0.473 e. The Kier molecular flexibility index (Phi) is 9.57. The minimum atomic E-state index is 0.402. The molecule has 3 aromatic carbocycles. The van der Waals surface area contributed by atoms with Gasteiger partial charge in [0.15, 0.2) is 0 Å². The fourth-order valence-electron chi connectivity index (χ4n) is 4.40. The van der Waals surface area contributed by atoms with Crippen molar-refractivity contribution in [1.29, 1.82) is 0 Å². The van der Waals surface area contributed by atoms with E-state index in [2.05, 4.69) is 37.1 Å². The lowest BCUT2D eigenvalue weighted by atomic mass is 10.1. The number of fused-ring (bicyclic) bond motifs is 1. The van der Waals surface area contributed by atoms with Crippen LogP contribution in [0.4, 0.5) is 5.69 Å². The first-order chi connectivity index (χ1) is 19.1. The van der Waals surface area contributed by atoms with Crippen LogP contribution in [0.15, 0.2) is 91.0 Å². The fraction of sp³-hybridized carbons (Fsp3) is 0.273. The maximum absolute atomic E-state index is 6.27. The molecule has 6 heteroatoms. The zero-order chi connectivity index (χ0) is 27.6. The molecule has 39 heavy (non-hydrogen) atoms. The van der Waals surface area contributed by atoms with Crippen LogP contribution >= 0.6 is 0 Å². The lowest BCUT2D eigenvalue weighted by Gasteiger charge is -2.18. The van der Waals surface area contributed by atoms with Crippen molar-refractivity contribution in [3.8, 4) is 23.0 Å². The van der Waals surface area contributed by atoms with Gasteiger partial charge in [0, 0.05) is 37.8 Å². The Morgan fingerprint density at radius 2 is 1.44 bits per heavy atom. The highest BCUT2D eigenvalue weighted by Crippen LogP contribution is 2.36. The lowest BCUT2D eigenvalue weighted by molar-refractivity contribution is 0.268. The van der Waals surface area contributed by atoms with Gasteiger partial charge >= 0.3 is 0 Å². The Labute approximate surface area is 231 Å². The maximum atomic E-state index is 6.27. The first-order valence-electron chi connectivity index (χ1n) is 13.6. The lowest BCUT2D eigenvalue weighted by Crippen LogP contribution is -2.17. The van der Waals surface area contributed by atoms with E-state index in [0.717, 1.165) is 46.3 Å². The predicted octanol–water partition coefficient (Wildman–Crippen LogP) is 7.67. The van der Waals surface area contributed by atoms with Crippen molar-refractivity contribution < 1.29 is 9.47 Å². The van der Waals surface area contributed by atoms with Crippen molar-refractivity contribution in [1.82, 2.24) is 14.8 Å². The maximum Gasteiger partial charge on any atom is 0.226 e. The number of ether oxygens (including phenoxy) is 2. The summed E-state index contributed by atoms with van der Waals surface area (Å²) in [5.41, 5.74) is 6.07. The van der Waals surface area contributed by atoms with Gasteiger partial charge < -0.3 is 14.4 Å². The van der Waals surface area contributed by atoms with Gasteiger partial charge in [0.05, 0.1) is 11.1 Å². The average molecular weight is 523 g/mol. The van der Waals surface area contributed by atoms with Gasteiger partial charge in [0.1, 0.15) is 18.9 Å². The molecule has 0 fully saturated rings. The molecule has 5 rings (SSSR count). The molecule has 202 valence electrons. The molecule has 2 heterocycles. The van der Waals surface area contributed by atoms with Crippen molar-refractivity contribution in [3.63, 3.8) is 0 Å². The van der Waals surface area contributed by atoms with Crippen molar-refractivity contribution in [2.75, 3.05) is 18.5 Å². The van der Waals surface area contributed by atoms with Crippen LogP contribution in [-0.2, 0) is 20.3 Å². The monoisotopic (exact) mass is 522 g/mol. The van der Waals surface area contributed by atoms with Crippen LogP contribution in [0.2, 0.25) is 0 Å². The van der Waals surface area contributed by atoms with Crippen LogP contribution in [-0.4, -0.2) is 28.4 Å². The van der Waals surface area contributed by atoms with Crippen molar-refractivity contribution >= 4 is 16.6 Å². The Morgan fingerprint density at radius 1 is 0.795 bits per heavy atom. The number of hydrogen-bond acceptors (Lipinski definition) is 5. The van der Waals surface area contributed by atoms with Crippen molar-refractivity contribution in [2.24, 2.45) is 7.05 Å². The first kappa shape index (κ1) is 27.7. The molecule has 0 amide bonds. The first-order valence-corrected chi connectivity index (χ1v) is 13.6. The third-order valence-electron chi connectivity index (χ3n) is 6.37. The summed E-state index contributed by atoms with van der Waals surface area (Å²) < 4.78 is 14.2. The highest BCUT2D eigenvalue weighted by atomic mass is 16.5. The third kappa shape index (κ3) is 6.77. The van der Waals surface area contributed by atoms with Crippen LogP contribution in [0.3, 0.4) is 0 Å². The molecule has 5 aromatic rings. The standard InChI is InChI=1S/C31H32N4O2.C2H6/c1-4-19-34(2)25-15-16-26-28(20-25)35(3)33-30(26)27-17-18-29(36-21-23-11-7-5-8-12-23)32-31(27)37-22-24-13-9-6-10-14-24;1-2/h5-18,20H,4,19,21-22H2,1-3H3;1-2H3. The molecular formula is C33H38N4O2. The molecule has 6 nitrogen and oxygen atoms in total. The van der Waals surface area contributed by atoms with Gasteiger partial charge in [-0.2, -0.15) is 10.1 Å². The number of hydrogen-bond donors (Lipinski definition) is 0. The van der Waals surface area contributed by atoms with E-state index >= 15 is 0 Å². The number of anilines is 1. The Bertz CT molecular complexity index is 1470. The molecule has 0 aliphatic rings. The minimum Gasteiger partial charge on any atom is -0.473 e. The topological polar surface area (TPSA) is 52.4 Å². The number of benzene rings is 3. The van der Waals surface area contributed by atoms with E-state index in [1.807, 2.05) is 98.4 Å². The van der Waals surface area contributed by atoms with Crippen molar-refractivity contribution in [3.05, 3.63) is 102 Å². The quantitative estimate of drug-likeness (QED) is 0.188. The molecular weight excluding hydrogens is 484 g/mol. The Morgan fingerprint density at radius 3 is 2.08 bits per heavy atom. The summed E-state index contributed by atoms with van der Waals surface area (Å²) in [7, 11) is 4.10. The zero-order valence-corrected chi connectivity index (χ0v) is 23.6. The van der Waals surface area contributed by atoms with Gasteiger partial charge in [0.2, 0.25) is 11.8 Å². The van der Waals surface area contributed by atoms with Gasteiger partial charge in [-0.15, -0.1) is 0 Å².